The number of hydrogen-bond acceptors (Lipinski definition) is 4. The zero-order valence-electron chi connectivity index (χ0n) is 9.87. The third kappa shape index (κ3) is 2.95. The van der Waals surface area contributed by atoms with Crippen molar-refractivity contribution in [3.63, 3.8) is 0 Å². The van der Waals surface area contributed by atoms with Crippen LogP contribution in [0.3, 0.4) is 0 Å². The van der Waals surface area contributed by atoms with Gasteiger partial charge in [-0.3, -0.25) is 4.98 Å². The Labute approximate surface area is 104 Å². The lowest BCUT2D eigenvalue weighted by Gasteiger charge is -2.09. The molecule has 0 aliphatic heterocycles. The fourth-order valence-corrected chi connectivity index (χ4v) is 1.46. The van der Waals surface area contributed by atoms with Crippen molar-refractivity contribution in [2.24, 2.45) is 0 Å². The Hall–Kier alpha value is -2.14. The van der Waals surface area contributed by atoms with Gasteiger partial charge in [0.15, 0.2) is 0 Å². The molecule has 0 saturated carbocycles. The SMILES string of the molecule is CC(OCc1ccccn1)c1ccc(C(=O)O)o1. The molecule has 0 aromatic carbocycles. The van der Waals surface area contributed by atoms with Crippen molar-refractivity contribution in [1.29, 1.82) is 0 Å². The summed E-state index contributed by atoms with van der Waals surface area (Å²) in [6, 6.07) is 8.59. The van der Waals surface area contributed by atoms with Crippen molar-refractivity contribution in [1.82, 2.24) is 4.98 Å². The highest BCUT2D eigenvalue weighted by molar-refractivity contribution is 5.84. The van der Waals surface area contributed by atoms with Crippen LogP contribution in [-0.4, -0.2) is 16.1 Å². The lowest BCUT2D eigenvalue weighted by molar-refractivity contribution is 0.0343. The first-order chi connectivity index (χ1) is 8.66. The Bertz CT molecular complexity index is 521. The van der Waals surface area contributed by atoms with Crippen LogP contribution in [0.2, 0.25) is 0 Å². The number of hydrogen-bond donors (Lipinski definition) is 1. The van der Waals surface area contributed by atoms with Crippen molar-refractivity contribution in [2.45, 2.75) is 19.6 Å². The maximum atomic E-state index is 10.7. The average molecular weight is 247 g/mol. The van der Waals surface area contributed by atoms with E-state index < -0.39 is 5.97 Å². The second-order valence-corrected chi connectivity index (χ2v) is 3.78. The van der Waals surface area contributed by atoms with Crippen LogP contribution in [0.4, 0.5) is 0 Å². The number of pyridine rings is 1. The number of aromatic carboxylic acids is 1. The molecule has 1 N–H and O–H groups in total. The molecule has 2 aromatic heterocycles. The van der Waals surface area contributed by atoms with Gasteiger partial charge in [0.25, 0.3) is 0 Å². The molecule has 0 fully saturated rings. The number of aromatic nitrogens is 1. The predicted molar refractivity (Wildman–Crippen MR) is 63.1 cm³/mol. The quantitative estimate of drug-likeness (QED) is 0.879. The fraction of sp³-hybridized carbons (Fsp3) is 0.231. The van der Waals surface area contributed by atoms with Crippen LogP contribution in [0.5, 0.6) is 0 Å². The molecule has 0 aliphatic carbocycles. The van der Waals surface area contributed by atoms with Gasteiger partial charge in [0.2, 0.25) is 5.76 Å². The van der Waals surface area contributed by atoms with E-state index in [0.717, 1.165) is 5.69 Å². The van der Waals surface area contributed by atoms with Crippen LogP contribution in [0.1, 0.15) is 35.0 Å². The Morgan fingerprint density at radius 3 is 2.89 bits per heavy atom. The van der Waals surface area contributed by atoms with Crippen molar-refractivity contribution in [2.75, 3.05) is 0 Å². The molecular formula is C13H13NO4. The standard InChI is InChI=1S/C13H13NO4/c1-9(11-5-6-12(18-11)13(15)16)17-8-10-4-2-3-7-14-10/h2-7,9H,8H2,1H3,(H,15,16). The van der Waals surface area contributed by atoms with E-state index in [1.165, 1.54) is 6.07 Å². The number of furan rings is 1. The van der Waals surface area contributed by atoms with Gasteiger partial charge in [-0.25, -0.2) is 4.79 Å². The summed E-state index contributed by atoms with van der Waals surface area (Å²) in [5.74, 6) is -0.681. The number of carboxylic acids is 1. The molecule has 2 heterocycles. The van der Waals surface area contributed by atoms with Gasteiger partial charge in [-0.1, -0.05) is 6.07 Å². The minimum atomic E-state index is -1.09. The number of ether oxygens (including phenoxy) is 1. The Kier molecular flexibility index (Phi) is 3.74. The van der Waals surface area contributed by atoms with Gasteiger partial charge in [0.1, 0.15) is 11.9 Å². The summed E-state index contributed by atoms with van der Waals surface area (Å²) in [4.78, 5) is 14.8. The van der Waals surface area contributed by atoms with E-state index in [0.29, 0.717) is 12.4 Å². The minimum absolute atomic E-state index is 0.0849. The summed E-state index contributed by atoms with van der Waals surface area (Å²) in [6.45, 7) is 2.15. The molecule has 2 aromatic rings. The first-order valence-electron chi connectivity index (χ1n) is 5.51. The number of rotatable bonds is 5. The molecule has 0 spiro atoms. The lowest BCUT2D eigenvalue weighted by atomic mass is 10.3. The predicted octanol–water partition coefficient (Wildman–Crippen LogP) is 2.65. The summed E-state index contributed by atoms with van der Waals surface area (Å²) >= 11 is 0. The Morgan fingerprint density at radius 2 is 2.28 bits per heavy atom. The zero-order chi connectivity index (χ0) is 13.0. The molecule has 0 radical (unpaired) electrons. The highest BCUT2D eigenvalue weighted by Crippen LogP contribution is 2.20. The molecule has 1 atom stereocenters. The second kappa shape index (κ2) is 5.46. The third-order valence-electron chi connectivity index (χ3n) is 2.45. The first-order valence-corrected chi connectivity index (χ1v) is 5.51. The van der Waals surface area contributed by atoms with E-state index in [4.69, 9.17) is 14.3 Å². The van der Waals surface area contributed by atoms with E-state index in [1.54, 1.807) is 19.2 Å². The van der Waals surface area contributed by atoms with Crippen LogP contribution in [-0.2, 0) is 11.3 Å². The monoisotopic (exact) mass is 247 g/mol. The molecule has 2 rings (SSSR count). The third-order valence-corrected chi connectivity index (χ3v) is 2.45. The van der Waals surface area contributed by atoms with Crippen LogP contribution >= 0.6 is 0 Å². The van der Waals surface area contributed by atoms with Crippen LogP contribution in [0.15, 0.2) is 40.9 Å². The van der Waals surface area contributed by atoms with Crippen LogP contribution < -0.4 is 0 Å². The molecule has 5 nitrogen and oxygen atoms in total. The molecule has 0 bridgehead atoms. The van der Waals surface area contributed by atoms with Crippen molar-refractivity contribution in [3.8, 4) is 0 Å². The molecule has 5 heteroatoms. The normalized spacial score (nSPS) is 12.3. The summed E-state index contributed by atoms with van der Waals surface area (Å²) in [6.07, 6.45) is 1.37. The first kappa shape index (κ1) is 12.3. The van der Waals surface area contributed by atoms with Crippen molar-refractivity contribution in [3.05, 3.63) is 53.7 Å². The van der Waals surface area contributed by atoms with Crippen LogP contribution in [0, 0.1) is 0 Å². The summed E-state index contributed by atoms with van der Waals surface area (Å²) in [7, 11) is 0. The highest BCUT2D eigenvalue weighted by atomic mass is 16.5. The fourth-order valence-electron chi connectivity index (χ4n) is 1.46. The van der Waals surface area contributed by atoms with Gasteiger partial charge in [-0.05, 0) is 31.2 Å². The van der Waals surface area contributed by atoms with Crippen LogP contribution in [0.25, 0.3) is 0 Å². The zero-order valence-corrected chi connectivity index (χ0v) is 9.87. The molecule has 0 amide bonds. The summed E-state index contributed by atoms with van der Waals surface area (Å²) < 4.78 is 10.7. The van der Waals surface area contributed by atoms with Crippen molar-refractivity contribution >= 4 is 5.97 Å². The molecule has 0 saturated heterocycles. The van der Waals surface area contributed by atoms with E-state index >= 15 is 0 Å². The molecule has 1 unspecified atom stereocenters. The minimum Gasteiger partial charge on any atom is -0.475 e. The second-order valence-electron chi connectivity index (χ2n) is 3.78. The van der Waals surface area contributed by atoms with Gasteiger partial charge in [0, 0.05) is 6.20 Å². The van der Waals surface area contributed by atoms with E-state index in [-0.39, 0.29) is 11.9 Å². The van der Waals surface area contributed by atoms with Gasteiger partial charge in [-0.2, -0.15) is 0 Å². The number of carboxylic acid groups (broad SMARTS) is 1. The topological polar surface area (TPSA) is 72.6 Å². The van der Waals surface area contributed by atoms with Gasteiger partial charge in [0.05, 0.1) is 12.3 Å². The van der Waals surface area contributed by atoms with E-state index in [9.17, 15) is 4.79 Å². The van der Waals surface area contributed by atoms with Gasteiger partial charge in [-0.15, -0.1) is 0 Å². The van der Waals surface area contributed by atoms with E-state index in [1.807, 2.05) is 18.2 Å². The smallest absolute Gasteiger partial charge is 0.371 e. The number of nitrogens with zero attached hydrogens (tertiary/aromatic N) is 1. The molecular weight excluding hydrogens is 234 g/mol. The molecule has 0 aliphatic rings. The largest absolute Gasteiger partial charge is 0.475 e. The molecule has 18 heavy (non-hydrogen) atoms. The molecule has 94 valence electrons. The summed E-state index contributed by atoms with van der Waals surface area (Å²) in [5, 5.41) is 8.74. The number of carbonyl (C=O) groups is 1. The van der Waals surface area contributed by atoms with E-state index in [2.05, 4.69) is 4.98 Å². The summed E-state index contributed by atoms with van der Waals surface area (Å²) in [5.41, 5.74) is 0.814. The van der Waals surface area contributed by atoms with Gasteiger partial charge >= 0.3 is 5.97 Å². The Morgan fingerprint density at radius 1 is 1.44 bits per heavy atom. The maximum absolute atomic E-state index is 10.7. The van der Waals surface area contributed by atoms with Gasteiger partial charge < -0.3 is 14.3 Å². The Balaban J connectivity index is 1.95. The van der Waals surface area contributed by atoms with Crippen molar-refractivity contribution < 1.29 is 19.1 Å². The highest BCUT2D eigenvalue weighted by Gasteiger charge is 2.14. The maximum Gasteiger partial charge on any atom is 0.371 e. The lowest BCUT2D eigenvalue weighted by Crippen LogP contribution is -2.00. The average Bonchev–Trinajstić information content (AvgIpc) is 2.87.